The Morgan fingerprint density at radius 3 is 2.73 bits per heavy atom. The molecule has 1 aliphatic rings. The Kier molecular flexibility index (Phi) is 6.75. The van der Waals surface area contributed by atoms with Crippen LogP contribution in [0.5, 0.6) is 0 Å². The first-order valence-electron chi connectivity index (χ1n) is 9.82. The van der Waals surface area contributed by atoms with Crippen molar-refractivity contribution in [1.82, 2.24) is 15.2 Å². The number of benzene rings is 1. The van der Waals surface area contributed by atoms with E-state index in [4.69, 9.17) is 12.2 Å². The number of hydrogen-bond donors (Lipinski definition) is 1. The molecule has 1 aromatic heterocycles. The van der Waals surface area contributed by atoms with Gasteiger partial charge in [0.1, 0.15) is 0 Å². The molecule has 2 aromatic rings. The zero-order valence-corrected chi connectivity index (χ0v) is 17.7. The lowest BCUT2D eigenvalue weighted by Gasteiger charge is -2.35. The summed E-state index contributed by atoms with van der Waals surface area (Å²) in [6.45, 7) is 5.29. The maximum Gasteiger partial charge on any atom is 0.416 e. The lowest BCUT2D eigenvalue weighted by molar-refractivity contribution is -0.137. The molecule has 1 aliphatic heterocycles. The van der Waals surface area contributed by atoms with Crippen LogP contribution in [0.2, 0.25) is 0 Å². The van der Waals surface area contributed by atoms with Crippen LogP contribution in [0.3, 0.4) is 0 Å². The van der Waals surface area contributed by atoms with Gasteiger partial charge in [-0.15, -0.1) is 0 Å². The summed E-state index contributed by atoms with van der Waals surface area (Å²) in [4.78, 5) is 19.8. The number of likely N-dealkylation sites (tertiary alicyclic amines) is 1. The third-order valence-corrected chi connectivity index (χ3v) is 5.45. The summed E-state index contributed by atoms with van der Waals surface area (Å²) in [6, 6.07) is 8.32. The predicted octanol–water partition coefficient (Wildman–Crippen LogP) is 4.48. The second-order valence-corrected chi connectivity index (χ2v) is 8.16. The largest absolute Gasteiger partial charge is 0.416 e. The zero-order chi connectivity index (χ0) is 21.9. The highest BCUT2D eigenvalue weighted by molar-refractivity contribution is 7.80. The molecule has 3 rings (SSSR count). The van der Waals surface area contributed by atoms with Crippen LogP contribution in [-0.2, 0) is 12.6 Å². The fourth-order valence-electron chi connectivity index (χ4n) is 3.71. The number of thiocarbonyl (C=S) groups is 1. The number of piperidine rings is 1. The van der Waals surface area contributed by atoms with E-state index in [1.807, 2.05) is 26.0 Å². The van der Waals surface area contributed by atoms with Gasteiger partial charge in [-0.3, -0.25) is 9.78 Å². The predicted molar refractivity (Wildman–Crippen MR) is 114 cm³/mol. The standard InChI is InChI=1S/C22H24F3N3OS/c1-14-9-15(2)26-19(10-14)12-20(30)28-8-4-7-18(13-28)27-21(29)16-5-3-6-17(11-16)22(23,24)25/h3,5-6,9-11,18H,4,7-8,12-13H2,1-2H3,(H,27,29). The lowest BCUT2D eigenvalue weighted by Crippen LogP contribution is -2.49. The number of alkyl halides is 3. The molecule has 1 amide bonds. The van der Waals surface area contributed by atoms with Crippen LogP contribution in [0.25, 0.3) is 0 Å². The van der Waals surface area contributed by atoms with Crippen LogP contribution < -0.4 is 5.32 Å². The van der Waals surface area contributed by atoms with Crippen LogP contribution in [0.1, 0.15) is 45.7 Å². The monoisotopic (exact) mass is 435 g/mol. The van der Waals surface area contributed by atoms with Crippen molar-refractivity contribution in [2.24, 2.45) is 0 Å². The number of nitrogens with zero attached hydrogens (tertiary/aromatic N) is 2. The molecule has 0 bridgehead atoms. The molecule has 8 heteroatoms. The van der Waals surface area contributed by atoms with Gasteiger partial charge in [0.15, 0.2) is 0 Å². The number of nitrogens with one attached hydrogen (secondary N) is 1. The molecule has 0 saturated carbocycles. The van der Waals surface area contributed by atoms with E-state index in [2.05, 4.69) is 15.2 Å². The maximum atomic E-state index is 12.9. The quantitative estimate of drug-likeness (QED) is 0.720. The van der Waals surface area contributed by atoms with Gasteiger partial charge in [0.25, 0.3) is 5.91 Å². The molecule has 1 unspecified atom stereocenters. The summed E-state index contributed by atoms with van der Waals surface area (Å²) in [5.41, 5.74) is 2.15. The average Bonchev–Trinajstić information content (AvgIpc) is 2.67. The topological polar surface area (TPSA) is 45.2 Å². The van der Waals surface area contributed by atoms with Gasteiger partial charge >= 0.3 is 6.18 Å². The van der Waals surface area contributed by atoms with Crippen LogP contribution in [0, 0.1) is 13.8 Å². The normalized spacial score (nSPS) is 17.0. The number of amides is 1. The second kappa shape index (κ2) is 9.12. The van der Waals surface area contributed by atoms with E-state index < -0.39 is 17.6 Å². The minimum absolute atomic E-state index is 0.00367. The second-order valence-electron chi connectivity index (χ2n) is 7.68. The van der Waals surface area contributed by atoms with E-state index in [9.17, 15) is 18.0 Å². The fraction of sp³-hybridized carbons (Fsp3) is 0.409. The van der Waals surface area contributed by atoms with Crippen molar-refractivity contribution in [3.63, 3.8) is 0 Å². The molecule has 1 saturated heterocycles. The summed E-state index contributed by atoms with van der Waals surface area (Å²) >= 11 is 5.61. The molecule has 2 heterocycles. The fourth-order valence-corrected chi connectivity index (χ4v) is 4.02. The van der Waals surface area contributed by atoms with E-state index in [1.54, 1.807) is 0 Å². The van der Waals surface area contributed by atoms with Gasteiger partial charge in [-0.1, -0.05) is 18.3 Å². The molecule has 0 spiro atoms. The summed E-state index contributed by atoms with van der Waals surface area (Å²) in [5.74, 6) is -0.505. The third kappa shape index (κ3) is 5.78. The first kappa shape index (κ1) is 22.2. The molecule has 160 valence electrons. The van der Waals surface area contributed by atoms with Crippen molar-refractivity contribution < 1.29 is 18.0 Å². The van der Waals surface area contributed by atoms with Crippen LogP contribution in [-0.4, -0.2) is 39.9 Å². The highest BCUT2D eigenvalue weighted by atomic mass is 32.1. The van der Waals surface area contributed by atoms with E-state index in [1.165, 1.54) is 12.1 Å². The Morgan fingerprint density at radius 1 is 1.27 bits per heavy atom. The molecule has 1 aromatic carbocycles. The van der Waals surface area contributed by atoms with Crippen LogP contribution in [0.4, 0.5) is 13.2 Å². The summed E-state index contributed by atoms with van der Waals surface area (Å²) < 4.78 is 38.7. The SMILES string of the molecule is Cc1cc(C)nc(CC(=S)N2CCCC(NC(=O)c3cccc(C(F)(F)F)c3)C2)c1. The summed E-state index contributed by atoms with van der Waals surface area (Å²) in [6.07, 6.45) is -2.34. The minimum Gasteiger partial charge on any atom is -0.364 e. The maximum absolute atomic E-state index is 12.9. The van der Waals surface area contributed by atoms with E-state index in [0.717, 1.165) is 53.5 Å². The lowest BCUT2D eigenvalue weighted by atomic mass is 10.0. The van der Waals surface area contributed by atoms with Gasteiger partial charge in [0, 0.05) is 42.5 Å². The number of rotatable bonds is 4. The average molecular weight is 436 g/mol. The van der Waals surface area contributed by atoms with Crippen molar-refractivity contribution in [1.29, 1.82) is 0 Å². The van der Waals surface area contributed by atoms with E-state index in [-0.39, 0.29) is 11.6 Å². The molecule has 1 fully saturated rings. The highest BCUT2D eigenvalue weighted by Crippen LogP contribution is 2.29. The molecule has 4 nitrogen and oxygen atoms in total. The molecule has 1 N–H and O–H groups in total. The molecular weight excluding hydrogens is 411 g/mol. The smallest absolute Gasteiger partial charge is 0.364 e. The van der Waals surface area contributed by atoms with Gasteiger partial charge in [-0.05, 0) is 62.6 Å². The van der Waals surface area contributed by atoms with Gasteiger partial charge in [0.05, 0.1) is 10.6 Å². The number of pyridine rings is 1. The van der Waals surface area contributed by atoms with E-state index >= 15 is 0 Å². The van der Waals surface area contributed by atoms with Crippen LogP contribution in [0.15, 0.2) is 36.4 Å². The van der Waals surface area contributed by atoms with Crippen LogP contribution >= 0.6 is 12.2 Å². The Balaban J connectivity index is 1.62. The number of hydrogen-bond acceptors (Lipinski definition) is 3. The first-order chi connectivity index (χ1) is 14.1. The number of halogens is 3. The zero-order valence-electron chi connectivity index (χ0n) is 16.9. The Morgan fingerprint density at radius 2 is 2.03 bits per heavy atom. The Hall–Kier alpha value is -2.48. The van der Waals surface area contributed by atoms with Crippen molar-refractivity contribution in [3.8, 4) is 0 Å². The van der Waals surface area contributed by atoms with Gasteiger partial charge in [-0.25, -0.2) is 0 Å². The number of carbonyl (C=O) groups excluding carboxylic acids is 1. The minimum atomic E-state index is -4.48. The summed E-state index contributed by atoms with van der Waals surface area (Å²) in [5, 5.41) is 2.86. The first-order valence-corrected chi connectivity index (χ1v) is 10.2. The van der Waals surface area contributed by atoms with Crippen molar-refractivity contribution in [2.45, 2.75) is 45.3 Å². The molecule has 30 heavy (non-hydrogen) atoms. The summed E-state index contributed by atoms with van der Waals surface area (Å²) in [7, 11) is 0. The number of carbonyl (C=O) groups is 1. The molecular formula is C22H24F3N3OS. The van der Waals surface area contributed by atoms with Crippen molar-refractivity contribution in [3.05, 3.63) is 64.5 Å². The third-order valence-electron chi connectivity index (χ3n) is 5.04. The Labute approximate surface area is 179 Å². The van der Waals surface area contributed by atoms with Crippen molar-refractivity contribution >= 4 is 23.1 Å². The highest BCUT2D eigenvalue weighted by Gasteiger charge is 2.31. The van der Waals surface area contributed by atoms with Crippen molar-refractivity contribution in [2.75, 3.05) is 13.1 Å². The van der Waals surface area contributed by atoms with E-state index in [0.29, 0.717) is 13.0 Å². The van der Waals surface area contributed by atoms with Gasteiger partial charge in [-0.2, -0.15) is 13.2 Å². The molecule has 0 radical (unpaired) electrons. The Bertz CT molecular complexity index is 925. The van der Waals surface area contributed by atoms with Gasteiger partial charge < -0.3 is 10.2 Å². The number of aromatic nitrogens is 1. The number of aryl methyl sites for hydroxylation is 2. The molecule has 0 aliphatic carbocycles. The molecule has 1 atom stereocenters. The van der Waals surface area contributed by atoms with Gasteiger partial charge in [0.2, 0.25) is 0 Å².